The summed E-state index contributed by atoms with van der Waals surface area (Å²) < 4.78 is 5.81. The average molecular weight is 645 g/mol. The van der Waals surface area contributed by atoms with Crippen LogP contribution in [0.15, 0.2) is 93.7 Å². The molecule has 0 spiro atoms. The maximum atomic E-state index is 13.4. The van der Waals surface area contributed by atoms with Crippen LogP contribution in [0.5, 0.6) is 0 Å². The zero-order valence-electron chi connectivity index (χ0n) is 24.9. The zero-order chi connectivity index (χ0) is 31.3. The molecular weight excluding hydrogens is 609 g/mol. The molecule has 1 aromatic heterocycles. The van der Waals surface area contributed by atoms with Gasteiger partial charge in [0.2, 0.25) is 5.91 Å². The molecule has 0 unspecified atom stereocenters. The van der Waals surface area contributed by atoms with Gasteiger partial charge in [-0.3, -0.25) is 14.4 Å². The number of hydrogen-bond donors (Lipinski definition) is 1. The fourth-order valence-electron chi connectivity index (χ4n) is 6.18. The topological polar surface area (TPSA) is 82.9 Å². The van der Waals surface area contributed by atoms with E-state index >= 15 is 0 Å². The van der Waals surface area contributed by atoms with Crippen LogP contribution in [0.3, 0.4) is 0 Å². The molecule has 7 nitrogen and oxygen atoms in total. The van der Waals surface area contributed by atoms with E-state index in [1.54, 1.807) is 12.1 Å². The number of anilines is 1. The first kappa shape index (κ1) is 30.9. The highest BCUT2D eigenvalue weighted by Gasteiger charge is 2.23. The van der Waals surface area contributed by atoms with E-state index < -0.39 is 5.91 Å². The lowest BCUT2D eigenvalue weighted by Crippen LogP contribution is -2.37. The summed E-state index contributed by atoms with van der Waals surface area (Å²) in [5, 5.41) is 4.49. The maximum Gasteiger partial charge on any atom is 0.287 e. The summed E-state index contributed by atoms with van der Waals surface area (Å²) in [6.07, 6.45) is 7.05. The molecule has 2 amide bonds. The summed E-state index contributed by atoms with van der Waals surface area (Å²) >= 11 is 12.2. The molecule has 0 radical (unpaired) electrons. The lowest BCUT2D eigenvalue weighted by atomic mass is 9.97. The van der Waals surface area contributed by atoms with Crippen molar-refractivity contribution < 1.29 is 14.0 Å². The van der Waals surface area contributed by atoms with E-state index in [9.17, 15) is 14.4 Å². The highest BCUT2D eigenvalue weighted by Crippen LogP contribution is 2.29. The van der Waals surface area contributed by atoms with E-state index in [1.165, 1.54) is 29.0 Å². The second-order valence-corrected chi connectivity index (χ2v) is 12.6. The fraction of sp³-hybridized carbons (Fsp3) is 0.306. The predicted molar refractivity (Wildman–Crippen MR) is 179 cm³/mol. The molecule has 2 aliphatic heterocycles. The van der Waals surface area contributed by atoms with Gasteiger partial charge in [0, 0.05) is 54.4 Å². The Morgan fingerprint density at radius 2 is 1.64 bits per heavy atom. The molecular formula is C36H35Cl2N3O4. The van der Waals surface area contributed by atoms with Gasteiger partial charge in [0.25, 0.3) is 5.91 Å². The third-order valence-electron chi connectivity index (χ3n) is 8.56. The van der Waals surface area contributed by atoms with Crippen molar-refractivity contribution in [1.29, 1.82) is 0 Å². The maximum absolute atomic E-state index is 13.4. The normalized spacial score (nSPS) is 16.1. The molecule has 0 bridgehead atoms. The number of piperidine rings is 2. The Morgan fingerprint density at radius 3 is 2.42 bits per heavy atom. The number of halogens is 2. The molecule has 3 aromatic carbocycles. The molecule has 2 aliphatic rings. The van der Waals surface area contributed by atoms with E-state index in [4.69, 9.17) is 27.6 Å². The number of carbonyl (C=O) groups excluding carboxylic acids is 2. The van der Waals surface area contributed by atoms with Crippen LogP contribution in [0.2, 0.25) is 10.0 Å². The number of benzene rings is 3. The first-order valence-electron chi connectivity index (χ1n) is 15.4. The van der Waals surface area contributed by atoms with Crippen molar-refractivity contribution in [2.75, 3.05) is 24.5 Å². The van der Waals surface area contributed by atoms with Crippen molar-refractivity contribution in [2.24, 2.45) is 0 Å². The summed E-state index contributed by atoms with van der Waals surface area (Å²) in [4.78, 5) is 43.0. The molecule has 3 heterocycles. The van der Waals surface area contributed by atoms with E-state index in [-0.39, 0.29) is 23.1 Å². The Balaban J connectivity index is 1.18. The Morgan fingerprint density at radius 1 is 0.889 bits per heavy atom. The van der Waals surface area contributed by atoms with Gasteiger partial charge in [-0.05, 0) is 79.6 Å². The third kappa shape index (κ3) is 7.60. The molecule has 6 rings (SSSR count). The molecule has 2 saturated heterocycles. The van der Waals surface area contributed by atoms with Gasteiger partial charge in [-0.25, -0.2) is 0 Å². The fourth-order valence-corrected chi connectivity index (χ4v) is 6.48. The number of hydrogen-bond acceptors (Lipinski definition) is 5. The SMILES string of the molecule is O=C(N[C@H](C=C1CCN(c2ccccc2CN2CCCCC2=O)CC1)Cc1ccc(Cl)cc1)c1cc(=O)c2cc(Cl)ccc2o1. The Labute approximate surface area is 272 Å². The Hall–Kier alpha value is -4.07. The number of fused-ring (bicyclic) bond motifs is 1. The Bertz CT molecular complexity index is 1790. The molecule has 0 aliphatic carbocycles. The quantitative estimate of drug-likeness (QED) is 0.206. The summed E-state index contributed by atoms with van der Waals surface area (Å²) in [5.74, 6) is -0.271. The summed E-state index contributed by atoms with van der Waals surface area (Å²) in [6, 6.07) is 21.6. The van der Waals surface area contributed by atoms with E-state index in [1.807, 2.05) is 35.2 Å². The van der Waals surface area contributed by atoms with Gasteiger partial charge in [0.15, 0.2) is 11.2 Å². The van der Waals surface area contributed by atoms with Gasteiger partial charge in [0.05, 0.1) is 11.4 Å². The van der Waals surface area contributed by atoms with Crippen LogP contribution in [-0.4, -0.2) is 42.4 Å². The molecule has 232 valence electrons. The monoisotopic (exact) mass is 643 g/mol. The van der Waals surface area contributed by atoms with Crippen LogP contribution in [0.25, 0.3) is 11.0 Å². The number of para-hydroxylation sites is 1. The van der Waals surface area contributed by atoms with Crippen LogP contribution in [0, 0.1) is 0 Å². The van der Waals surface area contributed by atoms with Gasteiger partial charge < -0.3 is 19.5 Å². The van der Waals surface area contributed by atoms with Crippen molar-refractivity contribution in [3.05, 3.63) is 122 Å². The molecule has 4 aromatic rings. The number of nitrogens with zero attached hydrogens (tertiary/aromatic N) is 2. The van der Waals surface area contributed by atoms with Gasteiger partial charge in [-0.15, -0.1) is 0 Å². The largest absolute Gasteiger partial charge is 0.451 e. The van der Waals surface area contributed by atoms with Crippen LogP contribution < -0.4 is 15.6 Å². The van der Waals surface area contributed by atoms with Gasteiger partial charge in [-0.2, -0.15) is 0 Å². The van der Waals surface area contributed by atoms with Crippen LogP contribution >= 0.6 is 23.2 Å². The van der Waals surface area contributed by atoms with Crippen LogP contribution in [-0.2, 0) is 17.8 Å². The van der Waals surface area contributed by atoms with Crippen molar-refractivity contribution in [3.63, 3.8) is 0 Å². The zero-order valence-corrected chi connectivity index (χ0v) is 26.4. The molecule has 1 atom stereocenters. The number of nitrogens with one attached hydrogen (secondary N) is 1. The lowest BCUT2D eigenvalue weighted by Gasteiger charge is -2.34. The number of rotatable bonds is 8. The van der Waals surface area contributed by atoms with Crippen molar-refractivity contribution in [2.45, 2.75) is 51.1 Å². The highest BCUT2D eigenvalue weighted by atomic mass is 35.5. The predicted octanol–water partition coefficient (Wildman–Crippen LogP) is 7.18. The number of likely N-dealkylation sites (tertiary alicyclic amines) is 1. The number of carbonyl (C=O) groups is 2. The highest BCUT2D eigenvalue weighted by molar-refractivity contribution is 6.31. The van der Waals surface area contributed by atoms with Crippen molar-refractivity contribution in [3.8, 4) is 0 Å². The van der Waals surface area contributed by atoms with E-state index in [2.05, 4.69) is 34.5 Å². The van der Waals surface area contributed by atoms with Crippen molar-refractivity contribution >= 4 is 51.7 Å². The molecule has 1 N–H and O–H groups in total. The van der Waals surface area contributed by atoms with Crippen LogP contribution in [0.4, 0.5) is 5.69 Å². The first-order chi connectivity index (χ1) is 21.8. The smallest absolute Gasteiger partial charge is 0.287 e. The second kappa shape index (κ2) is 13.9. The van der Waals surface area contributed by atoms with Crippen molar-refractivity contribution in [1.82, 2.24) is 10.2 Å². The van der Waals surface area contributed by atoms with E-state index in [0.717, 1.165) is 50.9 Å². The minimum absolute atomic E-state index is 0.0482. The molecule has 2 fully saturated rings. The molecule has 9 heteroatoms. The standard InChI is InChI=1S/C36H35Cl2N3O4/c37-27-10-8-24(9-11-27)19-29(39-36(44)34-22-32(42)30-21-28(38)12-13-33(30)45-34)20-25-14-17-40(18-15-25)31-6-2-1-5-26(31)23-41-16-4-3-7-35(41)43/h1-2,5-6,8-13,20-22,29H,3-4,7,14-19,23H2,(H,39,44)/t29-/m0/s1. The van der Waals surface area contributed by atoms with Crippen LogP contribution in [0.1, 0.15) is 53.8 Å². The second-order valence-electron chi connectivity index (χ2n) is 11.7. The minimum Gasteiger partial charge on any atom is -0.451 e. The van der Waals surface area contributed by atoms with E-state index in [0.29, 0.717) is 40.4 Å². The number of amides is 2. The van der Waals surface area contributed by atoms with Gasteiger partial charge in [-0.1, -0.05) is 65.2 Å². The summed E-state index contributed by atoms with van der Waals surface area (Å²) in [7, 11) is 0. The van der Waals surface area contributed by atoms with Gasteiger partial charge >= 0.3 is 0 Å². The van der Waals surface area contributed by atoms with Gasteiger partial charge in [0.1, 0.15) is 5.58 Å². The summed E-state index contributed by atoms with van der Waals surface area (Å²) in [5.41, 5.74) is 4.61. The molecule has 45 heavy (non-hydrogen) atoms. The Kier molecular flexibility index (Phi) is 9.57. The molecule has 0 saturated carbocycles. The minimum atomic E-state index is -0.460. The average Bonchev–Trinajstić information content (AvgIpc) is 3.04. The first-order valence-corrected chi connectivity index (χ1v) is 16.2. The third-order valence-corrected chi connectivity index (χ3v) is 9.04. The lowest BCUT2D eigenvalue weighted by molar-refractivity contribution is -0.133. The summed E-state index contributed by atoms with van der Waals surface area (Å²) in [6.45, 7) is 3.13.